The van der Waals surface area contributed by atoms with Crippen molar-refractivity contribution in [2.75, 3.05) is 4.90 Å². The molecular weight excluding hydrogens is 563 g/mol. The first-order valence-electron chi connectivity index (χ1n) is 13.0. The zero-order valence-electron chi connectivity index (χ0n) is 20.7. The van der Waals surface area contributed by atoms with Gasteiger partial charge in [0.1, 0.15) is 16.3 Å². The predicted molar refractivity (Wildman–Crippen MR) is 146 cm³/mol. The van der Waals surface area contributed by atoms with Gasteiger partial charge >= 0.3 is 12.0 Å². The van der Waals surface area contributed by atoms with Gasteiger partial charge in [-0.2, -0.15) is 0 Å². The maximum absolute atomic E-state index is 11.2. The monoisotopic (exact) mass is 586 g/mol. The first-order valence-corrected chi connectivity index (χ1v) is 14.5. The van der Waals surface area contributed by atoms with Crippen LogP contribution in [0.25, 0.3) is 22.0 Å². The molecule has 4 aromatic rings. The largest absolute Gasteiger partial charge is 0.477 e. The Morgan fingerprint density at radius 1 is 1.08 bits per heavy atom. The van der Waals surface area contributed by atoms with Crippen molar-refractivity contribution in [2.45, 2.75) is 69.2 Å². The number of aromatic carboxylic acids is 1. The predicted octanol–water partition coefficient (Wildman–Crippen LogP) is 7.05. The molecule has 1 saturated carbocycles. The number of hydrogen-bond donors (Lipinski definition) is 1. The van der Waals surface area contributed by atoms with Crippen LogP contribution in [-0.2, 0) is 11.3 Å². The smallest absolute Gasteiger partial charge is 0.345 e. The lowest BCUT2D eigenvalue weighted by atomic mass is 10.00. The molecule has 2 unspecified atom stereocenters. The molecule has 3 fully saturated rings. The van der Waals surface area contributed by atoms with Crippen LogP contribution in [0.2, 0.25) is 10.0 Å². The standard InChI is InChI=1S/C27H24Cl2N4O5S/c28-18-2-1-3-19(29)22(18)23-17(24(38-32-23)13-4-5-13)12-36-16-10-14-6-7-15(11-16)33(14)27-31-30-25(37-27)20-8-9-21(39-20)26(34)35/h1-3,8-9,13-16H,4-7,10-12H2,(H,34,35). The van der Waals surface area contributed by atoms with Crippen molar-refractivity contribution in [3.05, 3.63) is 56.6 Å². The Kier molecular flexibility index (Phi) is 6.38. The first kappa shape index (κ1) is 25.1. The van der Waals surface area contributed by atoms with Gasteiger partial charge in [-0.15, -0.1) is 16.4 Å². The third-order valence-electron chi connectivity index (χ3n) is 7.78. The highest BCUT2D eigenvalue weighted by Gasteiger charge is 2.44. The molecule has 2 aliphatic heterocycles. The summed E-state index contributed by atoms with van der Waals surface area (Å²) in [7, 11) is 0. The topological polar surface area (TPSA) is 115 Å². The van der Waals surface area contributed by atoms with Crippen molar-refractivity contribution in [1.29, 1.82) is 0 Å². The molecule has 2 saturated heterocycles. The number of ether oxygens (including phenoxy) is 1. The second-order valence-corrected chi connectivity index (χ2v) is 12.2. The summed E-state index contributed by atoms with van der Waals surface area (Å²) in [6.45, 7) is 0.380. The van der Waals surface area contributed by atoms with Gasteiger partial charge in [-0.05, 0) is 62.8 Å². The highest BCUT2D eigenvalue weighted by Crippen LogP contribution is 2.47. The molecule has 12 heteroatoms. The minimum absolute atomic E-state index is 0.0630. The molecule has 1 aromatic carbocycles. The number of carboxylic acid groups (broad SMARTS) is 1. The lowest BCUT2D eigenvalue weighted by molar-refractivity contribution is 0.0139. The number of thiophene rings is 1. The van der Waals surface area contributed by atoms with Gasteiger partial charge in [-0.25, -0.2) is 4.79 Å². The van der Waals surface area contributed by atoms with Crippen LogP contribution in [0.5, 0.6) is 0 Å². The number of rotatable bonds is 8. The number of piperidine rings is 1. The number of hydrogen-bond acceptors (Lipinski definition) is 9. The Labute approximate surface area is 237 Å². The number of benzene rings is 1. The quantitative estimate of drug-likeness (QED) is 0.232. The number of fused-ring (bicyclic) bond motifs is 2. The number of nitrogens with zero attached hydrogens (tertiary/aromatic N) is 4. The summed E-state index contributed by atoms with van der Waals surface area (Å²) in [5, 5.41) is 23.1. The Balaban J connectivity index is 1.07. The molecule has 5 heterocycles. The van der Waals surface area contributed by atoms with Crippen molar-refractivity contribution < 1.29 is 23.6 Å². The average molecular weight is 587 g/mol. The second kappa shape index (κ2) is 9.92. The SMILES string of the molecule is O=C(O)c1ccc(-c2nnc(N3C4CCC3CC(OCc3c(-c5c(Cl)cccc5Cl)noc3C3CC3)C4)o2)s1. The summed E-state index contributed by atoms with van der Waals surface area (Å²) in [4.78, 5) is 14.3. The molecule has 3 aliphatic rings. The zero-order valence-corrected chi connectivity index (χ0v) is 23.0. The van der Waals surface area contributed by atoms with Gasteiger partial charge in [0.25, 0.3) is 5.89 Å². The molecule has 9 nitrogen and oxygen atoms in total. The molecule has 2 bridgehead atoms. The van der Waals surface area contributed by atoms with Crippen LogP contribution in [0, 0.1) is 0 Å². The number of carbonyl (C=O) groups is 1. The Bertz CT molecular complexity index is 1510. The molecule has 2 atom stereocenters. The van der Waals surface area contributed by atoms with Crippen molar-refractivity contribution in [1.82, 2.24) is 15.4 Å². The van der Waals surface area contributed by atoms with E-state index in [1.54, 1.807) is 24.3 Å². The molecule has 3 aromatic heterocycles. The van der Waals surface area contributed by atoms with E-state index in [1.807, 2.05) is 6.07 Å². The van der Waals surface area contributed by atoms with E-state index < -0.39 is 5.97 Å². The molecular formula is C27H24Cl2N4O5S. The zero-order chi connectivity index (χ0) is 26.7. The van der Waals surface area contributed by atoms with Crippen LogP contribution >= 0.6 is 34.5 Å². The van der Waals surface area contributed by atoms with Crippen molar-refractivity contribution in [2.24, 2.45) is 0 Å². The fourth-order valence-corrected chi connectivity index (χ4v) is 7.15. The summed E-state index contributed by atoms with van der Waals surface area (Å²) < 4.78 is 18.3. The van der Waals surface area contributed by atoms with Crippen molar-refractivity contribution >= 4 is 46.5 Å². The molecule has 1 aliphatic carbocycles. The molecule has 39 heavy (non-hydrogen) atoms. The van der Waals surface area contributed by atoms with Crippen LogP contribution in [0.3, 0.4) is 0 Å². The summed E-state index contributed by atoms with van der Waals surface area (Å²) in [6, 6.07) is 9.60. The number of halogens is 2. The van der Waals surface area contributed by atoms with Gasteiger partial charge in [0.2, 0.25) is 0 Å². The highest BCUT2D eigenvalue weighted by molar-refractivity contribution is 7.17. The Morgan fingerprint density at radius 2 is 1.82 bits per heavy atom. The molecule has 0 spiro atoms. The summed E-state index contributed by atoms with van der Waals surface area (Å²) in [5.74, 6) is 0.611. The van der Waals surface area contributed by atoms with Crippen molar-refractivity contribution in [3.8, 4) is 22.0 Å². The van der Waals surface area contributed by atoms with Crippen LogP contribution in [-0.4, -0.2) is 44.6 Å². The van der Waals surface area contributed by atoms with Gasteiger partial charge in [-0.1, -0.05) is 39.5 Å². The lowest BCUT2D eigenvalue weighted by Crippen LogP contribution is -2.45. The van der Waals surface area contributed by atoms with Crippen LogP contribution < -0.4 is 4.90 Å². The molecule has 0 radical (unpaired) electrons. The summed E-state index contributed by atoms with van der Waals surface area (Å²) in [5.41, 5.74) is 2.27. The fraction of sp³-hybridized carbons (Fsp3) is 0.407. The van der Waals surface area contributed by atoms with E-state index in [9.17, 15) is 9.90 Å². The van der Waals surface area contributed by atoms with E-state index in [1.165, 1.54) is 0 Å². The van der Waals surface area contributed by atoms with E-state index in [4.69, 9.17) is 36.9 Å². The summed E-state index contributed by atoms with van der Waals surface area (Å²) >= 11 is 14.1. The maximum atomic E-state index is 11.2. The molecule has 202 valence electrons. The number of anilines is 1. The molecule has 7 rings (SSSR count). The van der Waals surface area contributed by atoms with Gasteiger partial charge in [-0.3, -0.25) is 0 Å². The van der Waals surface area contributed by atoms with E-state index in [-0.39, 0.29) is 23.1 Å². The normalized spacial score (nSPS) is 22.5. The Morgan fingerprint density at radius 3 is 2.49 bits per heavy atom. The molecule has 0 amide bonds. The van der Waals surface area contributed by atoms with E-state index in [0.717, 1.165) is 61.2 Å². The van der Waals surface area contributed by atoms with E-state index >= 15 is 0 Å². The minimum atomic E-state index is -0.969. The summed E-state index contributed by atoms with van der Waals surface area (Å²) in [6.07, 6.45) is 5.93. The Hall–Kier alpha value is -2.92. The first-order chi connectivity index (χ1) is 19.0. The van der Waals surface area contributed by atoms with Crippen LogP contribution in [0.15, 0.2) is 39.3 Å². The van der Waals surface area contributed by atoms with E-state index in [0.29, 0.717) is 50.6 Å². The fourth-order valence-electron chi connectivity index (χ4n) is 5.81. The van der Waals surface area contributed by atoms with Crippen LogP contribution in [0.1, 0.15) is 65.4 Å². The van der Waals surface area contributed by atoms with Crippen molar-refractivity contribution in [3.63, 3.8) is 0 Å². The van der Waals surface area contributed by atoms with Gasteiger partial charge in [0.05, 0.1) is 27.6 Å². The van der Waals surface area contributed by atoms with Gasteiger partial charge in [0, 0.05) is 29.1 Å². The van der Waals surface area contributed by atoms with Crippen LogP contribution in [0.4, 0.5) is 6.01 Å². The third kappa shape index (κ3) is 4.63. The maximum Gasteiger partial charge on any atom is 0.345 e. The highest BCUT2D eigenvalue weighted by atomic mass is 35.5. The lowest BCUT2D eigenvalue weighted by Gasteiger charge is -2.37. The molecule has 1 N–H and O–H groups in total. The van der Waals surface area contributed by atoms with E-state index in [2.05, 4.69) is 20.3 Å². The second-order valence-electron chi connectivity index (χ2n) is 10.3. The van der Waals surface area contributed by atoms with Gasteiger partial charge in [0.15, 0.2) is 0 Å². The number of aromatic nitrogens is 3. The number of carboxylic acids is 1. The average Bonchev–Trinajstić information content (AvgIpc) is 3.25. The third-order valence-corrected chi connectivity index (χ3v) is 9.47. The van der Waals surface area contributed by atoms with Gasteiger partial charge < -0.3 is 23.7 Å². The minimum Gasteiger partial charge on any atom is -0.477 e.